The largest absolute Gasteiger partial charge is 0.480 e. The van der Waals surface area contributed by atoms with E-state index in [2.05, 4.69) is 10.6 Å². The second-order valence-corrected chi connectivity index (χ2v) is 10.5. The molecule has 4 aromatic rings. The molecule has 0 fully saturated rings. The Kier molecular flexibility index (Phi) is 10.4. The maximum atomic E-state index is 13.3. The number of aliphatic carboxylic acids is 1. The molecule has 4 rings (SSSR count). The molecular weight excluding hydrogens is 577 g/mol. The lowest BCUT2D eigenvalue weighted by Gasteiger charge is -2.17. The molecule has 0 aliphatic rings. The van der Waals surface area contributed by atoms with E-state index >= 15 is 0 Å². The summed E-state index contributed by atoms with van der Waals surface area (Å²) in [6.07, 6.45) is -3.20. The number of thioether (sulfide) groups is 1. The molecule has 0 saturated heterocycles. The van der Waals surface area contributed by atoms with Crippen molar-refractivity contribution in [2.75, 3.05) is 5.75 Å². The fraction of sp³-hybridized carbons (Fsp3) is 0.121. The minimum atomic E-state index is -4.57. The van der Waals surface area contributed by atoms with E-state index in [1.54, 1.807) is 12.1 Å². The topological polar surface area (TPSA) is 95.5 Å². The Balaban J connectivity index is 1.55. The minimum absolute atomic E-state index is 0.0574. The number of carbonyl (C=O) groups is 3. The van der Waals surface area contributed by atoms with Crippen LogP contribution in [0.5, 0.6) is 0 Å². The summed E-state index contributed by atoms with van der Waals surface area (Å²) in [5.41, 5.74) is 2.11. The summed E-state index contributed by atoms with van der Waals surface area (Å²) in [5, 5.41) is 14.7. The lowest BCUT2D eigenvalue weighted by Crippen LogP contribution is -2.45. The number of rotatable bonds is 11. The Morgan fingerprint density at radius 2 is 1.37 bits per heavy atom. The Labute approximate surface area is 250 Å². The van der Waals surface area contributed by atoms with Crippen LogP contribution in [0.4, 0.5) is 13.2 Å². The molecule has 2 amide bonds. The lowest BCUT2D eigenvalue weighted by molar-refractivity contribution is -0.140. The van der Waals surface area contributed by atoms with Crippen molar-refractivity contribution in [2.24, 2.45) is 0 Å². The minimum Gasteiger partial charge on any atom is -0.480 e. The molecule has 3 N–H and O–H groups in total. The predicted octanol–water partition coefficient (Wildman–Crippen LogP) is 6.65. The van der Waals surface area contributed by atoms with Gasteiger partial charge in [0.15, 0.2) is 0 Å². The molecule has 0 unspecified atom stereocenters. The highest BCUT2D eigenvalue weighted by atomic mass is 32.2. The highest BCUT2D eigenvalue weighted by Gasteiger charge is 2.30. The summed E-state index contributed by atoms with van der Waals surface area (Å²) in [4.78, 5) is 38.2. The van der Waals surface area contributed by atoms with Gasteiger partial charge in [-0.05, 0) is 52.6 Å². The number of benzene rings is 4. The lowest BCUT2D eigenvalue weighted by atomic mass is 10.0. The molecule has 0 saturated carbocycles. The first-order valence-electron chi connectivity index (χ1n) is 13.1. The monoisotopic (exact) mass is 604 g/mol. The summed E-state index contributed by atoms with van der Waals surface area (Å²) in [5.74, 6) is -2.36. The van der Waals surface area contributed by atoms with Crippen molar-refractivity contribution in [3.05, 3.63) is 137 Å². The average molecular weight is 605 g/mol. The standard InChI is InChI=1S/C33H27F3N2O4S/c34-33(35,36)27-17-15-26(16-18-27)30(39)37-28(19-22-11-13-25(14-12-22)24-9-5-2-6-10-24)31(40)38-29(32(41)42)21-43-20-23-7-3-1-4-8-23/h1-19,29H,20-21H2,(H,37,39)(H,38,40)(H,41,42)/b28-19+/t29-/m1/s1. The van der Waals surface area contributed by atoms with Crippen molar-refractivity contribution in [3.63, 3.8) is 0 Å². The molecular formula is C33H27F3N2O4S. The van der Waals surface area contributed by atoms with Gasteiger partial charge in [-0.15, -0.1) is 0 Å². The fourth-order valence-corrected chi connectivity index (χ4v) is 5.02. The van der Waals surface area contributed by atoms with E-state index < -0.39 is 35.6 Å². The van der Waals surface area contributed by atoms with Gasteiger partial charge in [-0.3, -0.25) is 9.59 Å². The molecule has 4 aromatic carbocycles. The third kappa shape index (κ3) is 9.08. The maximum absolute atomic E-state index is 13.3. The molecule has 0 heterocycles. The van der Waals surface area contributed by atoms with Gasteiger partial charge in [0.1, 0.15) is 11.7 Å². The second-order valence-electron chi connectivity index (χ2n) is 9.44. The Hall–Kier alpha value is -4.83. The zero-order valence-electron chi connectivity index (χ0n) is 22.7. The summed E-state index contributed by atoms with van der Waals surface area (Å²) in [6, 6.07) is 28.4. The number of alkyl halides is 3. The van der Waals surface area contributed by atoms with E-state index in [0.29, 0.717) is 11.3 Å². The van der Waals surface area contributed by atoms with E-state index in [-0.39, 0.29) is 17.0 Å². The van der Waals surface area contributed by atoms with Crippen molar-refractivity contribution in [2.45, 2.75) is 18.0 Å². The first-order valence-corrected chi connectivity index (χ1v) is 14.3. The number of carboxylic acids is 1. The molecule has 10 heteroatoms. The normalized spacial score (nSPS) is 12.3. The van der Waals surface area contributed by atoms with Gasteiger partial charge in [0.2, 0.25) is 0 Å². The van der Waals surface area contributed by atoms with Crippen molar-refractivity contribution < 1.29 is 32.7 Å². The van der Waals surface area contributed by atoms with Crippen molar-refractivity contribution >= 4 is 35.6 Å². The summed E-state index contributed by atoms with van der Waals surface area (Å²) in [7, 11) is 0. The van der Waals surface area contributed by atoms with Crippen LogP contribution < -0.4 is 10.6 Å². The van der Waals surface area contributed by atoms with Gasteiger partial charge in [-0.2, -0.15) is 24.9 Å². The van der Waals surface area contributed by atoms with E-state index in [9.17, 15) is 32.7 Å². The van der Waals surface area contributed by atoms with Crippen molar-refractivity contribution in [3.8, 4) is 11.1 Å². The highest BCUT2D eigenvalue weighted by Crippen LogP contribution is 2.29. The van der Waals surface area contributed by atoms with Crippen molar-refractivity contribution in [1.29, 1.82) is 0 Å². The van der Waals surface area contributed by atoms with Crippen LogP contribution in [0.25, 0.3) is 17.2 Å². The first kappa shape index (κ1) is 31.1. The van der Waals surface area contributed by atoms with Crippen LogP contribution in [0.3, 0.4) is 0 Å². The third-order valence-corrected chi connectivity index (χ3v) is 7.40. The van der Waals surface area contributed by atoms with E-state index in [1.165, 1.54) is 17.8 Å². The highest BCUT2D eigenvalue weighted by molar-refractivity contribution is 7.98. The molecule has 220 valence electrons. The number of carbonyl (C=O) groups excluding carboxylic acids is 2. The molecule has 0 spiro atoms. The molecule has 0 aliphatic heterocycles. The number of hydrogen-bond donors (Lipinski definition) is 3. The number of halogens is 3. The molecule has 43 heavy (non-hydrogen) atoms. The quantitative estimate of drug-likeness (QED) is 0.167. The van der Waals surface area contributed by atoms with Crippen LogP contribution in [0.1, 0.15) is 27.0 Å². The number of carboxylic acid groups (broad SMARTS) is 1. The van der Waals surface area contributed by atoms with Crippen molar-refractivity contribution in [1.82, 2.24) is 10.6 Å². The van der Waals surface area contributed by atoms with Gasteiger partial charge in [-0.25, -0.2) is 4.79 Å². The SMILES string of the molecule is O=C(N[C@H](CSCc1ccccc1)C(=O)O)/C(=C\c1ccc(-c2ccccc2)cc1)NC(=O)c1ccc(C(F)(F)F)cc1. The fourth-order valence-electron chi connectivity index (χ4n) is 4.01. The molecule has 1 atom stereocenters. The molecule has 6 nitrogen and oxygen atoms in total. The predicted molar refractivity (Wildman–Crippen MR) is 161 cm³/mol. The third-order valence-electron chi connectivity index (χ3n) is 6.30. The number of amides is 2. The van der Waals surface area contributed by atoms with E-state index in [1.807, 2.05) is 72.8 Å². The number of hydrogen-bond acceptors (Lipinski definition) is 4. The van der Waals surface area contributed by atoms with Gasteiger partial charge >= 0.3 is 12.1 Å². The molecule has 0 bridgehead atoms. The zero-order chi connectivity index (χ0) is 30.8. The van der Waals surface area contributed by atoms with Crippen LogP contribution in [-0.2, 0) is 21.5 Å². The van der Waals surface area contributed by atoms with Gasteiger partial charge in [0.25, 0.3) is 11.8 Å². The molecule has 0 radical (unpaired) electrons. The van der Waals surface area contributed by atoms with E-state index in [4.69, 9.17) is 0 Å². The van der Waals surface area contributed by atoms with Crippen LogP contribution >= 0.6 is 11.8 Å². The summed E-state index contributed by atoms with van der Waals surface area (Å²) < 4.78 is 38.9. The van der Waals surface area contributed by atoms with Crippen LogP contribution in [0.2, 0.25) is 0 Å². The van der Waals surface area contributed by atoms with Gasteiger partial charge in [-0.1, -0.05) is 84.9 Å². The number of nitrogens with one attached hydrogen (secondary N) is 2. The molecule has 0 aliphatic carbocycles. The van der Waals surface area contributed by atoms with Crippen LogP contribution in [0, 0.1) is 0 Å². The Bertz CT molecular complexity index is 1570. The first-order chi connectivity index (χ1) is 20.6. The Morgan fingerprint density at radius 3 is 1.95 bits per heavy atom. The second kappa shape index (κ2) is 14.4. The Morgan fingerprint density at radius 1 is 0.791 bits per heavy atom. The average Bonchev–Trinajstić information content (AvgIpc) is 3.01. The van der Waals surface area contributed by atoms with Gasteiger partial charge < -0.3 is 15.7 Å². The summed E-state index contributed by atoms with van der Waals surface area (Å²) in [6.45, 7) is 0. The van der Waals surface area contributed by atoms with Gasteiger partial charge in [0, 0.05) is 17.1 Å². The summed E-state index contributed by atoms with van der Waals surface area (Å²) >= 11 is 1.32. The smallest absolute Gasteiger partial charge is 0.416 e. The van der Waals surface area contributed by atoms with Crippen LogP contribution in [-0.4, -0.2) is 34.7 Å². The maximum Gasteiger partial charge on any atom is 0.416 e. The zero-order valence-corrected chi connectivity index (χ0v) is 23.5. The van der Waals surface area contributed by atoms with Crippen LogP contribution in [0.15, 0.2) is 115 Å². The molecule has 0 aromatic heterocycles. The van der Waals surface area contributed by atoms with E-state index in [0.717, 1.165) is 41.0 Å². The van der Waals surface area contributed by atoms with Gasteiger partial charge in [0.05, 0.1) is 5.56 Å².